The van der Waals surface area contributed by atoms with E-state index in [0.29, 0.717) is 24.3 Å². The summed E-state index contributed by atoms with van der Waals surface area (Å²) in [5.41, 5.74) is 0.0331. The van der Waals surface area contributed by atoms with Gasteiger partial charge in [0.25, 0.3) is 5.56 Å². The first-order valence-electron chi connectivity index (χ1n) is 7.66. The summed E-state index contributed by atoms with van der Waals surface area (Å²) >= 11 is 0. The van der Waals surface area contributed by atoms with E-state index < -0.39 is 0 Å². The zero-order chi connectivity index (χ0) is 14.5. The van der Waals surface area contributed by atoms with Gasteiger partial charge in [-0.3, -0.25) is 4.79 Å². The molecule has 0 saturated carbocycles. The Morgan fingerprint density at radius 3 is 3.00 bits per heavy atom. The second kappa shape index (κ2) is 6.88. The molecular formula is C15H26N4O. The van der Waals surface area contributed by atoms with Crippen LogP contribution >= 0.6 is 0 Å². The monoisotopic (exact) mass is 278 g/mol. The van der Waals surface area contributed by atoms with Crippen molar-refractivity contribution in [3.63, 3.8) is 0 Å². The standard InChI is InChI=1S/C15H26N4O/c1-4-18-9-7-17-14(15(18)20)19-8-5-6-13(19)11-16-10-12(2)3/h7,9,12-13,16H,4-6,8,10-11H2,1-3H3. The largest absolute Gasteiger partial charge is 0.348 e. The van der Waals surface area contributed by atoms with Gasteiger partial charge in [-0.15, -0.1) is 0 Å². The SMILES string of the molecule is CCn1ccnc(N2CCCC2CNCC(C)C)c1=O. The molecule has 0 bridgehead atoms. The van der Waals surface area contributed by atoms with E-state index >= 15 is 0 Å². The number of aryl methyl sites for hydroxylation is 1. The Hall–Kier alpha value is -1.36. The molecule has 20 heavy (non-hydrogen) atoms. The Morgan fingerprint density at radius 2 is 2.30 bits per heavy atom. The third kappa shape index (κ3) is 3.39. The van der Waals surface area contributed by atoms with Gasteiger partial charge in [-0.2, -0.15) is 0 Å². The minimum absolute atomic E-state index is 0.0331. The van der Waals surface area contributed by atoms with Crippen LogP contribution in [0.4, 0.5) is 5.82 Å². The lowest BCUT2D eigenvalue weighted by Crippen LogP contribution is -2.42. The number of aromatic nitrogens is 2. The van der Waals surface area contributed by atoms with Gasteiger partial charge in [-0.05, 0) is 32.2 Å². The molecule has 112 valence electrons. The van der Waals surface area contributed by atoms with Gasteiger partial charge < -0.3 is 14.8 Å². The summed E-state index contributed by atoms with van der Waals surface area (Å²) in [6.45, 7) is 9.97. The summed E-state index contributed by atoms with van der Waals surface area (Å²) < 4.78 is 1.72. The number of hydrogen-bond donors (Lipinski definition) is 1. The van der Waals surface area contributed by atoms with Crippen LogP contribution in [0.2, 0.25) is 0 Å². The van der Waals surface area contributed by atoms with E-state index in [1.807, 2.05) is 6.92 Å². The zero-order valence-electron chi connectivity index (χ0n) is 12.8. The van der Waals surface area contributed by atoms with E-state index in [-0.39, 0.29) is 5.56 Å². The van der Waals surface area contributed by atoms with Gasteiger partial charge in [0.2, 0.25) is 0 Å². The maximum atomic E-state index is 12.4. The topological polar surface area (TPSA) is 50.2 Å². The first-order chi connectivity index (χ1) is 9.63. The number of nitrogens with one attached hydrogen (secondary N) is 1. The Kier molecular flexibility index (Phi) is 5.17. The summed E-state index contributed by atoms with van der Waals surface area (Å²) in [7, 11) is 0. The fourth-order valence-electron chi connectivity index (χ4n) is 2.75. The van der Waals surface area contributed by atoms with Crippen molar-refractivity contribution in [2.75, 3.05) is 24.5 Å². The van der Waals surface area contributed by atoms with Gasteiger partial charge >= 0.3 is 0 Å². The first kappa shape index (κ1) is 15.0. The summed E-state index contributed by atoms with van der Waals surface area (Å²) in [4.78, 5) is 18.9. The van der Waals surface area contributed by atoms with Crippen LogP contribution in [0.1, 0.15) is 33.6 Å². The molecule has 5 nitrogen and oxygen atoms in total. The Bertz CT molecular complexity index is 483. The van der Waals surface area contributed by atoms with Gasteiger partial charge in [0.1, 0.15) is 0 Å². The summed E-state index contributed by atoms with van der Waals surface area (Å²) in [5.74, 6) is 1.26. The van der Waals surface area contributed by atoms with Gasteiger partial charge in [-0.1, -0.05) is 13.8 Å². The fraction of sp³-hybridized carbons (Fsp3) is 0.733. The van der Waals surface area contributed by atoms with Crippen LogP contribution < -0.4 is 15.8 Å². The molecule has 1 aromatic rings. The van der Waals surface area contributed by atoms with E-state index in [2.05, 4.69) is 29.0 Å². The predicted molar refractivity (Wildman–Crippen MR) is 82.2 cm³/mol. The van der Waals surface area contributed by atoms with Gasteiger partial charge in [0, 0.05) is 38.1 Å². The molecule has 0 amide bonds. The Labute approximate surface area is 121 Å². The molecule has 2 heterocycles. The van der Waals surface area contributed by atoms with Crippen LogP contribution in [0.3, 0.4) is 0 Å². The second-order valence-electron chi connectivity index (χ2n) is 5.88. The highest BCUT2D eigenvalue weighted by Crippen LogP contribution is 2.20. The lowest BCUT2D eigenvalue weighted by Gasteiger charge is -2.26. The summed E-state index contributed by atoms with van der Waals surface area (Å²) in [6.07, 6.45) is 5.76. The quantitative estimate of drug-likeness (QED) is 0.856. The van der Waals surface area contributed by atoms with Crippen LogP contribution in [0.5, 0.6) is 0 Å². The van der Waals surface area contributed by atoms with Crippen molar-refractivity contribution in [3.05, 3.63) is 22.7 Å². The Balaban J connectivity index is 2.09. The molecule has 1 saturated heterocycles. The lowest BCUT2D eigenvalue weighted by atomic mass is 10.2. The van der Waals surface area contributed by atoms with Crippen LogP contribution in [0.25, 0.3) is 0 Å². The van der Waals surface area contributed by atoms with Crippen molar-refractivity contribution >= 4 is 5.82 Å². The number of hydrogen-bond acceptors (Lipinski definition) is 4. The molecule has 1 N–H and O–H groups in total. The third-order valence-corrected chi connectivity index (χ3v) is 3.82. The number of nitrogens with zero attached hydrogens (tertiary/aromatic N) is 3. The first-order valence-corrected chi connectivity index (χ1v) is 7.66. The molecule has 1 aliphatic rings. The molecular weight excluding hydrogens is 252 g/mol. The maximum absolute atomic E-state index is 12.4. The predicted octanol–water partition coefficient (Wildman–Crippen LogP) is 1.48. The van der Waals surface area contributed by atoms with Crippen LogP contribution in [0.15, 0.2) is 17.2 Å². The average molecular weight is 278 g/mol. The van der Waals surface area contributed by atoms with Crippen molar-refractivity contribution in [1.82, 2.24) is 14.9 Å². The second-order valence-corrected chi connectivity index (χ2v) is 5.88. The summed E-state index contributed by atoms with van der Waals surface area (Å²) in [6, 6.07) is 0.390. The normalized spacial score (nSPS) is 19.0. The molecule has 1 aromatic heterocycles. The highest BCUT2D eigenvalue weighted by molar-refractivity contribution is 5.38. The van der Waals surface area contributed by atoms with Crippen molar-refractivity contribution in [2.45, 2.75) is 46.2 Å². The van der Waals surface area contributed by atoms with E-state index in [1.165, 1.54) is 0 Å². The third-order valence-electron chi connectivity index (χ3n) is 3.82. The van der Waals surface area contributed by atoms with Crippen LogP contribution in [-0.2, 0) is 6.54 Å². The van der Waals surface area contributed by atoms with Crippen molar-refractivity contribution in [1.29, 1.82) is 0 Å². The van der Waals surface area contributed by atoms with Gasteiger partial charge in [0.05, 0.1) is 0 Å². The van der Waals surface area contributed by atoms with Crippen molar-refractivity contribution in [2.24, 2.45) is 5.92 Å². The minimum atomic E-state index is 0.0331. The smallest absolute Gasteiger partial charge is 0.293 e. The lowest BCUT2D eigenvalue weighted by molar-refractivity contribution is 0.510. The van der Waals surface area contributed by atoms with E-state index in [1.54, 1.807) is 17.0 Å². The van der Waals surface area contributed by atoms with E-state index in [0.717, 1.165) is 32.5 Å². The number of rotatable bonds is 6. The van der Waals surface area contributed by atoms with Crippen LogP contribution in [-0.4, -0.2) is 35.2 Å². The van der Waals surface area contributed by atoms with Gasteiger partial charge in [-0.25, -0.2) is 4.98 Å². The molecule has 0 aliphatic carbocycles. The molecule has 1 fully saturated rings. The van der Waals surface area contributed by atoms with Crippen molar-refractivity contribution < 1.29 is 0 Å². The summed E-state index contributed by atoms with van der Waals surface area (Å²) in [5, 5.41) is 3.50. The molecule has 5 heteroatoms. The average Bonchev–Trinajstić information content (AvgIpc) is 2.87. The Morgan fingerprint density at radius 1 is 1.50 bits per heavy atom. The molecule has 0 spiro atoms. The van der Waals surface area contributed by atoms with Crippen molar-refractivity contribution in [3.8, 4) is 0 Å². The molecule has 2 rings (SSSR count). The maximum Gasteiger partial charge on any atom is 0.293 e. The fourth-order valence-corrected chi connectivity index (χ4v) is 2.75. The molecule has 0 radical (unpaired) electrons. The highest BCUT2D eigenvalue weighted by Gasteiger charge is 2.27. The van der Waals surface area contributed by atoms with Gasteiger partial charge in [0.15, 0.2) is 5.82 Å². The van der Waals surface area contributed by atoms with Crippen LogP contribution in [0, 0.1) is 5.92 Å². The molecule has 1 aliphatic heterocycles. The highest BCUT2D eigenvalue weighted by atomic mass is 16.1. The van der Waals surface area contributed by atoms with E-state index in [4.69, 9.17) is 0 Å². The molecule has 0 aromatic carbocycles. The number of anilines is 1. The molecule has 1 unspecified atom stereocenters. The van der Waals surface area contributed by atoms with E-state index in [9.17, 15) is 4.79 Å². The molecule has 1 atom stereocenters. The zero-order valence-corrected chi connectivity index (χ0v) is 12.8. The minimum Gasteiger partial charge on any atom is -0.348 e.